The third-order valence-electron chi connectivity index (χ3n) is 4.81. The lowest BCUT2D eigenvalue weighted by atomic mass is 9.94. The fourth-order valence-corrected chi connectivity index (χ4v) is 4.68. The molecule has 0 saturated heterocycles. The van der Waals surface area contributed by atoms with Crippen molar-refractivity contribution in [3.8, 4) is 0 Å². The van der Waals surface area contributed by atoms with Gasteiger partial charge < -0.3 is 0 Å². The van der Waals surface area contributed by atoms with Crippen LogP contribution in [-0.4, -0.2) is 22.8 Å². The molecule has 0 aromatic heterocycles. The Kier molecular flexibility index (Phi) is 4.28. The molecular weight excluding hydrogens is 298 g/mol. The van der Waals surface area contributed by atoms with E-state index in [1.165, 1.54) is 50.5 Å². The Morgan fingerprint density at radius 2 is 1.89 bits per heavy atom. The lowest BCUT2D eigenvalue weighted by Crippen LogP contribution is -2.40. The van der Waals surface area contributed by atoms with Gasteiger partial charge in [0.2, 0.25) is 0 Å². The number of aryl methyl sites for hydroxylation is 2. The normalized spacial score (nSPS) is 26.7. The standard InChI is InChI=1S/C17H24BrN/c1-19(17-8-3-2-7-16(17)18)12-13-9-10-14-5-4-6-15(14)11-13/h9-11,16-17H,2-8,12H2,1H3. The molecule has 2 aliphatic carbocycles. The Labute approximate surface area is 125 Å². The fourth-order valence-electron chi connectivity index (χ4n) is 3.69. The van der Waals surface area contributed by atoms with Crippen LogP contribution < -0.4 is 0 Å². The van der Waals surface area contributed by atoms with Crippen molar-refractivity contribution >= 4 is 15.9 Å². The summed E-state index contributed by atoms with van der Waals surface area (Å²) >= 11 is 3.88. The Morgan fingerprint density at radius 1 is 1.11 bits per heavy atom. The topological polar surface area (TPSA) is 3.24 Å². The van der Waals surface area contributed by atoms with Crippen LogP contribution in [-0.2, 0) is 19.4 Å². The van der Waals surface area contributed by atoms with E-state index >= 15 is 0 Å². The average Bonchev–Trinajstić information content (AvgIpc) is 2.86. The molecule has 3 rings (SSSR count). The summed E-state index contributed by atoms with van der Waals surface area (Å²) in [4.78, 5) is 3.23. The molecule has 0 amide bonds. The molecule has 1 saturated carbocycles. The van der Waals surface area contributed by atoms with E-state index in [1.807, 2.05) is 0 Å². The molecule has 2 unspecified atom stereocenters. The van der Waals surface area contributed by atoms with Crippen molar-refractivity contribution in [1.82, 2.24) is 4.90 Å². The number of rotatable bonds is 3. The highest BCUT2D eigenvalue weighted by Gasteiger charge is 2.26. The predicted molar refractivity (Wildman–Crippen MR) is 84.9 cm³/mol. The van der Waals surface area contributed by atoms with Crippen molar-refractivity contribution in [2.24, 2.45) is 0 Å². The second-order valence-electron chi connectivity index (χ2n) is 6.24. The van der Waals surface area contributed by atoms with Crippen LogP contribution >= 0.6 is 15.9 Å². The van der Waals surface area contributed by atoms with E-state index in [0.717, 1.165) is 6.54 Å². The molecule has 1 aromatic carbocycles. The molecule has 0 aliphatic heterocycles. The zero-order valence-electron chi connectivity index (χ0n) is 11.9. The van der Waals surface area contributed by atoms with E-state index in [0.29, 0.717) is 10.9 Å². The molecule has 1 nitrogen and oxygen atoms in total. The van der Waals surface area contributed by atoms with Gasteiger partial charge >= 0.3 is 0 Å². The van der Waals surface area contributed by atoms with Gasteiger partial charge in [-0.15, -0.1) is 0 Å². The summed E-state index contributed by atoms with van der Waals surface area (Å²) in [6, 6.07) is 7.86. The summed E-state index contributed by atoms with van der Waals surface area (Å²) in [5, 5.41) is 0. The zero-order valence-corrected chi connectivity index (χ0v) is 13.5. The van der Waals surface area contributed by atoms with Gasteiger partial charge in [-0.1, -0.05) is 47.0 Å². The molecule has 2 heteroatoms. The number of fused-ring (bicyclic) bond motifs is 1. The molecule has 0 heterocycles. The molecule has 0 bridgehead atoms. The first-order chi connectivity index (χ1) is 9.24. The van der Waals surface area contributed by atoms with Crippen molar-refractivity contribution in [2.75, 3.05) is 7.05 Å². The second-order valence-corrected chi connectivity index (χ2v) is 7.42. The Hall–Kier alpha value is -0.340. The van der Waals surface area contributed by atoms with Crippen LogP contribution in [0.4, 0.5) is 0 Å². The summed E-state index contributed by atoms with van der Waals surface area (Å²) in [7, 11) is 2.29. The molecule has 19 heavy (non-hydrogen) atoms. The Morgan fingerprint density at radius 3 is 2.74 bits per heavy atom. The van der Waals surface area contributed by atoms with Crippen LogP contribution in [0.15, 0.2) is 18.2 Å². The number of nitrogens with zero attached hydrogens (tertiary/aromatic N) is 1. The van der Waals surface area contributed by atoms with Crippen molar-refractivity contribution in [1.29, 1.82) is 0 Å². The Balaban J connectivity index is 1.67. The van der Waals surface area contributed by atoms with Gasteiger partial charge in [-0.05, 0) is 55.8 Å². The van der Waals surface area contributed by atoms with Crippen molar-refractivity contribution in [3.63, 3.8) is 0 Å². The third-order valence-corrected chi connectivity index (χ3v) is 5.88. The van der Waals surface area contributed by atoms with E-state index < -0.39 is 0 Å². The molecule has 0 radical (unpaired) electrons. The minimum absolute atomic E-state index is 0.681. The van der Waals surface area contributed by atoms with Gasteiger partial charge in [-0.25, -0.2) is 0 Å². The first-order valence-electron chi connectivity index (χ1n) is 7.69. The molecule has 1 aromatic rings. The molecule has 104 valence electrons. The first-order valence-corrected chi connectivity index (χ1v) is 8.60. The number of alkyl halides is 1. The van der Waals surface area contributed by atoms with Crippen molar-refractivity contribution in [3.05, 3.63) is 34.9 Å². The van der Waals surface area contributed by atoms with Gasteiger partial charge in [0.05, 0.1) is 0 Å². The molecular formula is C17H24BrN. The van der Waals surface area contributed by atoms with Crippen LogP contribution in [0, 0.1) is 0 Å². The summed E-state index contributed by atoms with van der Waals surface area (Å²) < 4.78 is 0. The van der Waals surface area contributed by atoms with Gasteiger partial charge in [-0.2, -0.15) is 0 Å². The fraction of sp³-hybridized carbons (Fsp3) is 0.647. The van der Waals surface area contributed by atoms with E-state index in [-0.39, 0.29) is 0 Å². The number of benzene rings is 1. The SMILES string of the molecule is CN(Cc1ccc2c(c1)CCC2)C1CCCCC1Br. The Bertz CT molecular complexity index is 443. The van der Waals surface area contributed by atoms with Gasteiger partial charge in [0.15, 0.2) is 0 Å². The highest BCUT2D eigenvalue weighted by molar-refractivity contribution is 9.09. The number of halogens is 1. The van der Waals surface area contributed by atoms with Gasteiger partial charge in [0, 0.05) is 17.4 Å². The lowest BCUT2D eigenvalue weighted by Gasteiger charge is -2.35. The van der Waals surface area contributed by atoms with E-state index in [2.05, 4.69) is 46.1 Å². The molecule has 0 N–H and O–H groups in total. The third kappa shape index (κ3) is 3.05. The quantitative estimate of drug-likeness (QED) is 0.750. The minimum atomic E-state index is 0.681. The molecule has 2 atom stereocenters. The highest BCUT2D eigenvalue weighted by Crippen LogP contribution is 2.29. The van der Waals surface area contributed by atoms with Crippen LogP contribution in [0.3, 0.4) is 0 Å². The van der Waals surface area contributed by atoms with E-state index in [1.54, 1.807) is 11.1 Å². The van der Waals surface area contributed by atoms with E-state index in [9.17, 15) is 0 Å². The smallest absolute Gasteiger partial charge is 0.0301 e. The van der Waals surface area contributed by atoms with Gasteiger partial charge in [-0.3, -0.25) is 4.90 Å². The summed E-state index contributed by atoms with van der Waals surface area (Å²) in [5.41, 5.74) is 4.68. The van der Waals surface area contributed by atoms with Crippen molar-refractivity contribution < 1.29 is 0 Å². The largest absolute Gasteiger partial charge is 0.298 e. The van der Waals surface area contributed by atoms with Gasteiger partial charge in [0.1, 0.15) is 0 Å². The average molecular weight is 322 g/mol. The van der Waals surface area contributed by atoms with Crippen LogP contribution in [0.5, 0.6) is 0 Å². The van der Waals surface area contributed by atoms with Crippen molar-refractivity contribution in [2.45, 2.75) is 62.4 Å². The molecule has 2 aliphatic rings. The number of hydrogen-bond acceptors (Lipinski definition) is 1. The highest BCUT2D eigenvalue weighted by atomic mass is 79.9. The predicted octanol–water partition coefficient (Wildman–Crippen LogP) is 4.31. The molecule has 0 spiro atoms. The van der Waals surface area contributed by atoms with Gasteiger partial charge in [0.25, 0.3) is 0 Å². The first kappa shape index (κ1) is 13.6. The van der Waals surface area contributed by atoms with Crippen LogP contribution in [0.25, 0.3) is 0 Å². The molecule has 1 fully saturated rings. The number of hydrogen-bond donors (Lipinski definition) is 0. The monoisotopic (exact) mass is 321 g/mol. The zero-order chi connectivity index (χ0) is 13.2. The summed E-state index contributed by atoms with van der Waals surface area (Å²) in [6.07, 6.45) is 9.38. The summed E-state index contributed by atoms with van der Waals surface area (Å²) in [6.45, 7) is 1.10. The lowest BCUT2D eigenvalue weighted by molar-refractivity contribution is 0.193. The van der Waals surface area contributed by atoms with Crippen LogP contribution in [0.1, 0.15) is 48.8 Å². The summed E-state index contributed by atoms with van der Waals surface area (Å²) in [5.74, 6) is 0. The van der Waals surface area contributed by atoms with E-state index in [4.69, 9.17) is 0 Å². The maximum atomic E-state index is 3.88. The minimum Gasteiger partial charge on any atom is -0.298 e. The maximum absolute atomic E-state index is 3.88. The van der Waals surface area contributed by atoms with Crippen LogP contribution in [0.2, 0.25) is 0 Å². The second kappa shape index (κ2) is 5.97. The maximum Gasteiger partial charge on any atom is 0.0301 e.